The molecule has 8 heteroatoms. The van der Waals surface area contributed by atoms with Gasteiger partial charge in [0.2, 0.25) is 0 Å². The van der Waals surface area contributed by atoms with Gasteiger partial charge in [-0.3, -0.25) is 10.1 Å². The number of aromatic amines is 2. The number of thiophene rings is 1. The molecule has 0 radical (unpaired) electrons. The molecule has 198 valence electrons. The smallest absolute Gasteiger partial charge is 0.176 e. The number of nitrogens with zero attached hydrogens (tertiary/aromatic N) is 3. The molecule has 1 aliphatic carbocycles. The van der Waals surface area contributed by atoms with Gasteiger partial charge in [-0.1, -0.05) is 31.6 Å². The number of pyridine rings is 2. The highest BCUT2D eigenvalue weighted by molar-refractivity contribution is 7.11. The number of halogens is 1. The second kappa shape index (κ2) is 11.1. The fourth-order valence-corrected chi connectivity index (χ4v) is 6.22. The highest BCUT2D eigenvalue weighted by Crippen LogP contribution is 2.35. The molecule has 0 bridgehead atoms. The molecule has 0 aliphatic heterocycles. The maximum Gasteiger partial charge on any atom is 0.176 e. The van der Waals surface area contributed by atoms with E-state index in [9.17, 15) is 4.39 Å². The third-order valence-corrected chi connectivity index (χ3v) is 8.33. The van der Waals surface area contributed by atoms with Gasteiger partial charge in [-0.25, -0.2) is 4.98 Å². The van der Waals surface area contributed by atoms with E-state index in [1.165, 1.54) is 31.7 Å². The van der Waals surface area contributed by atoms with Gasteiger partial charge in [0.1, 0.15) is 11.2 Å². The van der Waals surface area contributed by atoms with Crippen molar-refractivity contribution in [2.24, 2.45) is 5.92 Å². The highest BCUT2D eigenvalue weighted by Gasteiger charge is 2.18. The molecule has 5 heterocycles. The minimum atomic E-state index is -0.216. The van der Waals surface area contributed by atoms with Crippen LogP contribution in [0.4, 0.5) is 4.39 Å². The summed E-state index contributed by atoms with van der Waals surface area (Å²) in [5.74, 6) is 0.802. The summed E-state index contributed by atoms with van der Waals surface area (Å²) in [6.45, 7) is 7.72. The second-order valence-electron chi connectivity index (χ2n) is 10.2. The van der Waals surface area contributed by atoms with Crippen LogP contribution >= 0.6 is 11.3 Å². The van der Waals surface area contributed by atoms with Crippen LogP contribution in [0.5, 0.6) is 0 Å². The Morgan fingerprint density at radius 3 is 2.85 bits per heavy atom. The van der Waals surface area contributed by atoms with Crippen LogP contribution in [-0.2, 0) is 6.54 Å². The lowest BCUT2D eigenvalue weighted by Gasteiger charge is -2.11. The quantitative estimate of drug-likeness (QED) is 0.171. The number of fused-ring (bicyclic) bond motifs is 1. The summed E-state index contributed by atoms with van der Waals surface area (Å²) in [6, 6.07) is 11.5. The van der Waals surface area contributed by atoms with Crippen LogP contribution in [0, 0.1) is 18.0 Å². The Balaban J connectivity index is 1.29. The predicted octanol–water partition coefficient (Wildman–Crippen LogP) is 7.42. The second-order valence-corrected chi connectivity index (χ2v) is 11.2. The molecular weight excluding hydrogens is 507 g/mol. The van der Waals surface area contributed by atoms with E-state index in [0.29, 0.717) is 0 Å². The Morgan fingerprint density at radius 1 is 1.18 bits per heavy atom. The number of allylic oxidation sites excluding steroid dienone is 2. The summed E-state index contributed by atoms with van der Waals surface area (Å²) in [6.07, 6.45) is 12.8. The summed E-state index contributed by atoms with van der Waals surface area (Å²) >= 11 is 1.12. The maximum absolute atomic E-state index is 13.8. The standard InChI is InChI=1S/C31H31FN6S/c1-3-6-23(28-11-12-29(32)39-28)24-14-27(35-19(24)2)31-30-26(37-38-31)10-9-25(36-30)22-13-21(17-34-18-22)16-33-15-20-7-4-5-8-20/h3,6,9-14,17-18,20,33,35H,1,4-5,7-8,15-16H2,2H3,(H,37,38)/b23-6+. The molecule has 0 saturated heterocycles. The average Bonchev–Trinajstić information content (AvgIpc) is 3.75. The predicted molar refractivity (Wildman–Crippen MR) is 157 cm³/mol. The Hall–Kier alpha value is -3.88. The maximum atomic E-state index is 13.8. The van der Waals surface area contributed by atoms with Crippen LogP contribution < -0.4 is 5.32 Å². The molecule has 0 amide bonds. The van der Waals surface area contributed by atoms with Crippen molar-refractivity contribution in [1.29, 1.82) is 0 Å². The van der Waals surface area contributed by atoms with Crippen LogP contribution in [0.15, 0.2) is 67.5 Å². The summed E-state index contributed by atoms with van der Waals surface area (Å²) < 4.78 is 13.8. The minimum Gasteiger partial charge on any atom is -0.357 e. The van der Waals surface area contributed by atoms with Gasteiger partial charge in [0.25, 0.3) is 0 Å². The number of rotatable bonds is 9. The number of aromatic nitrogens is 5. The molecule has 5 aromatic heterocycles. The molecule has 1 aliphatic rings. The van der Waals surface area contributed by atoms with Crippen molar-refractivity contribution in [3.05, 3.63) is 94.4 Å². The van der Waals surface area contributed by atoms with E-state index in [1.54, 1.807) is 12.1 Å². The van der Waals surface area contributed by atoms with Gasteiger partial charge in [-0.15, -0.1) is 11.3 Å². The van der Waals surface area contributed by atoms with Crippen LogP contribution in [0.3, 0.4) is 0 Å². The van der Waals surface area contributed by atoms with Crippen molar-refractivity contribution in [1.82, 2.24) is 30.5 Å². The number of H-pyrrole nitrogens is 2. The van der Waals surface area contributed by atoms with E-state index in [2.05, 4.69) is 38.1 Å². The molecule has 5 aromatic rings. The van der Waals surface area contributed by atoms with Crippen molar-refractivity contribution < 1.29 is 4.39 Å². The Bertz CT molecular complexity index is 1650. The normalized spacial score (nSPS) is 14.5. The summed E-state index contributed by atoms with van der Waals surface area (Å²) in [7, 11) is 0. The van der Waals surface area contributed by atoms with Crippen molar-refractivity contribution in [3.63, 3.8) is 0 Å². The Morgan fingerprint density at radius 2 is 2.05 bits per heavy atom. The van der Waals surface area contributed by atoms with Crippen LogP contribution in [0.25, 0.3) is 39.3 Å². The molecule has 6 nitrogen and oxygen atoms in total. The summed E-state index contributed by atoms with van der Waals surface area (Å²) in [4.78, 5) is 13.8. The third-order valence-electron chi connectivity index (χ3n) is 7.42. The van der Waals surface area contributed by atoms with E-state index in [-0.39, 0.29) is 5.13 Å². The number of aryl methyl sites for hydroxylation is 1. The highest BCUT2D eigenvalue weighted by atomic mass is 32.1. The van der Waals surface area contributed by atoms with Crippen molar-refractivity contribution in [3.8, 4) is 22.6 Å². The molecule has 6 rings (SSSR count). The van der Waals surface area contributed by atoms with Gasteiger partial charge in [-0.2, -0.15) is 9.49 Å². The fourth-order valence-electron chi connectivity index (χ4n) is 5.45. The fraction of sp³-hybridized carbons (Fsp3) is 0.258. The first-order chi connectivity index (χ1) is 19.1. The molecule has 0 unspecified atom stereocenters. The van der Waals surface area contributed by atoms with Crippen LogP contribution in [0.1, 0.15) is 47.4 Å². The first kappa shape index (κ1) is 25.4. The molecule has 0 spiro atoms. The van der Waals surface area contributed by atoms with Gasteiger partial charge in [0.15, 0.2) is 5.13 Å². The van der Waals surface area contributed by atoms with Gasteiger partial charge in [-0.05, 0) is 74.2 Å². The largest absolute Gasteiger partial charge is 0.357 e. The number of hydrogen-bond acceptors (Lipinski definition) is 5. The molecule has 39 heavy (non-hydrogen) atoms. The number of nitrogens with one attached hydrogen (secondary N) is 3. The zero-order chi connectivity index (χ0) is 26.8. The first-order valence-electron chi connectivity index (χ1n) is 13.4. The molecule has 0 aromatic carbocycles. The Kier molecular flexibility index (Phi) is 7.22. The average molecular weight is 539 g/mol. The molecular formula is C31H31FN6S. The molecule has 1 fully saturated rings. The van der Waals surface area contributed by atoms with Crippen LogP contribution in [0.2, 0.25) is 0 Å². The zero-order valence-corrected chi connectivity index (χ0v) is 22.7. The molecule has 1 saturated carbocycles. The van der Waals surface area contributed by atoms with Crippen molar-refractivity contribution in [2.75, 3.05) is 6.54 Å². The third kappa shape index (κ3) is 5.35. The van der Waals surface area contributed by atoms with Crippen LogP contribution in [-0.4, -0.2) is 31.7 Å². The van der Waals surface area contributed by atoms with Crippen molar-refractivity contribution >= 4 is 27.9 Å². The van der Waals surface area contributed by atoms with Gasteiger partial charge in [0, 0.05) is 46.2 Å². The summed E-state index contributed by atoms with van der Waals surface area (Å²) in [5.41, 5.74) is 9.03. The SMILES string of the molecule is C=C/C=C(/c1ccc(F)s1)c1cc(-c2n[nH]c3ccc(-c4cncc(CNCC5CCCC5)c4)nc23)[nH]c1C. The Labute approximate surface area is 231 Å². The first-order valence-corrected chi connectivity index (χ1v) is 14.2. The van der Waals surface area contributed by atoms with Gasteiger partial charge < -0.3 is 10.3 Å². The monoisotopic (exact) mass is 538 g/mol. The van der Waals surface area contributed by atoms with E-state index >= 15 is 0 Å². The van der Waals surface area contributed by atoms with Gasteiger partial charge in [0.05, 0.1) is 16.9 Å². The lowest BCUT2D eigenvalue weighted by molar-refractivity contribution is 0.489. The lowest BCUT2D eigenvalue weighted by atomic mass is 10.0. The van der Waals surface area contributed by atoms with E-state index < -0.39 is 0 Å². The lowest BCUT2D eigenvalue weighted by Crippen LogP contribution is -2.20. The molecule has 3 N–H and O–H groups in total. The number of hydrogen-bond donors (Lipinski definition) is 3. The van der Waals surface area contributed by atoms with E-state index in [1.807, 2.05) is 43.6 Å². The molecule has 0 atom stereocenters. The topological polar surface area (TPSA) is 82.3 Å². The van der Waals surface area contributed by atoms with E-state index in [4.69, 9.17) is 4.98 Å². The minimum absolute atomic E-state index is 0.216. The van der Waals surface area contributed by atoms with Gasteiger partial charge >= 0.3 is 0 Å². The summed E-state index contributed by atoms with van der Waals surface area (Å²) in [5, 5.41) is 11.1. The van der Waals surface area contributed by atoms with Crippen molar-refractivity contribution in [2.45, 2.75) is 39.2 Å². The zero-order valence-electron chi connectivity index (χ0n) is 21.9. The van der Waals surface area contributed by atoms with E-state index in [0.717, 1.165) is 91.3 Å².